The van der Waals surface area contributed by atoms with E-state index in [0.29, 0.717) is 17.5 Å². The quantitative estimate of drug-likeness (QED) is 0.177. The Bertz CT molecular complexity index is 2860. The number of benzene rings is 7. The molecule has 0 radical (unpaired) electrons. The highest BCUT2D eigenvalue weighted by Crippen LogP contribution is 2.55. The predicted octanol–water partition coefficient (Wildman–Crippen LogP) is 12.3. The molecule has 0 fully saturated rings. The Morgan fingerprint density at radius 2 is 0.980 bits per heavy atom. The Morgan fingerprint density at radius 1 is 0.392 bits per heavy atom. The van der Waals surface area contributed by atoms with Gasteiger partial charge in [-0.2, -0.15) is 0 Å². The van der Waals surface area contributed by atoms with Gasteiger partial charge in [-0.3, -0.25) is 0 Å². The number of nitrogens with zero attached hydrogens (tertiary/aromatic N) is 3. The van der Waals surface area contributed by atoms with Crippen LogP contribution >= 0.6 is 0 Å². The average molecular weight is 658 g/mol. The van der Waals surface area contributed by atoms with Gasteiger partial charge in [-0.15, -0.1) is 0 Å². The zero-order valence-corrected chi connectivity index (χ0v) is 29.0. The van der Waals surface area contributed by atoms with Crippen molar-refractivity contribution in [2.75, 3.05) is 0 Å². The molecule has 7 aromatic carbocycles. The maximum Gasteiger partial charge on any atom is 0.164 e. The summed E-state index contributed by atoms with van der Waals surface area (Å²) in [5.41, 5.74) is 9.39. The second kappa shape index (κ2) is 10.7. The van der Waals surface area contributed by atoms with Crippen LogP contribution in [0, 0.1) is 0 Å². The summed E-state index contributed by atoms with van der Waals surface area (Å²) in [6.45, 7) is 9.52. The topological polar surface area (TPSA) is 51.8 Å². The lowest BCUT2D eigenvalue weighted by molar-refractivity contribution is 0.299. The van der Waals surface area contributed by atoms with E-state index in [1.165, 1.54) is 43.8 Å². The van der Waals surface area contributed by atoms with Gasteiger partial charge in [0.05, 0.1) is 0 Å². The summed E-state index contributed by atoms with van der Waals surface area (Å²) in [7, 11) is 0. The summed E-state index contributed by atoms with van der Waals surface area (Å²) in [6, 6.07) is 49.4. The molecule has 0 amide bonds. The first kappa shape index (κ1) is 29.8. The highest BCUT2D eigenvalue weighted by atomic mass is 16.3. The van der Waals surface area contributed by atoms with E-state index in [4.69, 9.17) is 19.4 Å². The van der Waals surface area contributed by atoms with E-state index in [1.807, 2.05) is 42.5 Å². The molecule has 0 atom stereocenters. The molecule has 4 nitrogen and oxygen atoms in total. The van der Waals surface area contributed by atoms with Gasteiger partial charge in [0.25, 0.3) is 0 Å². The molecule has 1 aliphatic carbocycles. The van der Waals surface area contributed by atoms with Gasteiger partial charge in [-0.05, 0) is 91.0 Å². The molecule has 2 aromatic heterocycles. The molecule has 0 aliphatic heterocycles. The van der Waals surface area contributed by atoms with E-state index >= 15 is 0 Å². The number of rotatable bonds is 3. The van der Waals surface area contributed by atoms with E-state index in [1.54, 1.807) is 0 Å². The lowest BCUT2D eigenvalue weighted by atomic mass is 9.55. The molecular formula is C47H35N3O. The van der Waals surface area contributed by atoms with Gasteiger partial charge in [0.15, 0.2) is 17.5 Å². The van der Waals surface area contributed by atoms with E-state index in [9.17, 15) is 0 Å². The molecule has 9 aromatic rings. The monoisotopic (exact) mass is 657 g/mol. The molecule has 1 aliphatic rings. The molecule has 2 heterocycles. The standard InChI is InChI=1S/C47H35N3O/c1-46(2)39-25-31(20-22-34(39)38-27-37-30(24-40(38)47(46,3)4)19-18-28-12-8-9-15-33(28)37)44-48-43(29-13-6-5-7-14-29)49-45(50-44)32-21-23-36-35-16-10-11-17-41(35)51-42(36)26-32/h5-27H,1-4H3. The molecule has 0 N–H and O–H groups in total. The minimum Gasteiger partial charge on any atom is -0.456 e. The Morgan fingerprint density at radius 3 is 1.76 bits per heavy atom. The smallest absolute Gasteiger partial charge is 0.164 e. The van der Waals surface area contributed by atoms with Crippen LogP contribution in [-0.2, 0) is 10.8 Å². The summed E-state index contributed by atoms with van der Waals surface area (Å²) in [4.78, 5) is 15.3. The summed E-state index contributed by atoms with van der Waals surface area (Å²) >= 11 is 0. The lowest BCUT2D eigenvalue weighted by Gasteiger charge is -2.48. The van der Waals surface area contributed by atoms with Crippen LogP contribution in [0.25, 0.3) is 88.8 Å². The van der Waals surface area contributed by atoms with Gasteiger partial charge in [0.1, 0.15) is 11.2 Å². The van der Waals surface area contributed by atoms with Gasteiger partial charge in [0.2, 0.25) is 0 Å². The summed E-state index contributed by atoms with van der Waals surface area (Å²) in [5, 5.41) is 7.29. The minimum atomic E-state index is -0.180. The van der Waals surface area contributed by atoms with Crippen LogP contribution in [0.3, 0.4) is 0 Å². The first-order valence-corrected chi connectivity index (χ1v) is 17.6. The van der Waals surface area contributed by atoms with Gasteiger partial charge in [0, 0.05) is 27.5 Å². The SMILES string of the molecule is CC1(C)c2cc(-c3nc(-c4ccccc4)nc(-c4ccc5c(c4)oc4ccccc45)n3)ccc2-c2cc3c(ccc4ccccc43)cc2C1(C)C. The molecule has 244 valence electrons. The van der Waals surface area contributed by atoms with Crippen LogP contribution in [0.2, 0.25) is 0 Å². The number of hydrogen-bond donors (Lipinski definition) is 0. The number of fused-ring (bicyclic) bond motifs is 9. The van der Waals surface area contributed by atoms with Crippen LogP contribution in [0.1, 0.15) is 38.8 Å². The van der Waals surface area contributed by atoms with E-state index in [0.717, 1.165) is 38.6 Å². The van der Waals surface area contributed by atoms with Gasteiger partial charge >= 0.3 is 0 Å². The van der Waals surface area contributed by atoms with Crippen molar-refractivity contribution >= 4 is 43.5 Å². The first-order valence-electron chi connectivity index (χ1n) is 17.6. The van der Waals surface area contributed by atoms with E-state index < -0.39 is 0 Å². The van der Waals surface area contributed by atoms with Crippen molar-refractivity contribution in [2.45, 2.75) is 38.5 Å². The summed E-state index contributed by atoms with van der Waals surface area (Å²) in [6.07, 6.45) is 0. The third kappa shape index (κ3) is 4.42. The van der Waals surface area contributed by atoms with Crippen LogP contribution in [0.15, 0.2) is 144 Å². The van der Waals surface area contributed by atoms with Crippen LogP contribution in [0.4, 0.5) is 0 Å². The number of aromatic nitrogens is 3. The van der Waals surface area contributed by atoms with Crippen molar-refractivity contribution in [2.24, 2.45) is 0 Å². The van der Waals surface area contributed by atoms with E-state index in [2.05, 4.69) is 125 Å². The fraction of sp³-hybridized carbons (Fsp3) is 0.128. The van der Waals surface area contributed by atoms with E-state index in [-0.39, 0.29) is 10.8 Å². The third-order valence-corrected chi connectivity index (χ3v) is 11.7. The fourth-order valence-electron chi connectivity index (χ4n) is 8.12. The Labute approximate surface area is 296 Å². The Balaban J connectivity index is 1.17. The number of hydrogen-bond acceptors (Lipinski definition) is 4. The Kier molecular flexibility index (Phi) is 6.23. The maximum atomic E-state index is 6.26. The van der Waals surface area contributed by atoms with Crippen molar-refractivity contribution in [1.82, 2.24) is 15.0 Å². The highest BCUT2D eigenvalue weighted by Gasteiger charge is 2.46. The number of para-hydroxylation sites is 1. The zero-order chi connectivity index (χ0) is 34.5. The van der Waals surface area contributed by atoms with Crippen molar-refractivity contribution in [3.63, 3.8) is 0 Å². The van der Waals surface area contributed by atoms with Crippen molar-refractivity contribution in [3.05, 3.63) is 151 Å². The molecule has 0 bridgehead atoms. The second-order valence-electron chi connectivity index (χ2n) is 14.9. The molecule has 0 unspecified atom stereocenters. The van der Waals surface area contributed by atoms with Crippen molar-refractivity contribution < 1.29 is 4.42 Å². The highest BCUT2D eigenvalue weighted by molar-refractivity contribution is 6.10. The predicted molar refractivity (Wildman–Crippen MR) is 210 cm³/mol. The average Bonchev–Trinajstić information content (AvgIpc) is 3.55. The zero-order valence-electron chi connectivity index (χ0n) is 29.0. The van der Waals surface area contributed by atoms with Gasteiger partial charge in [-0.25, -0.2) is 15.0 Å². The normalized spacial score (nSPS) is 14.6. The van der Waals surface area contributed by atoms with Crippen LogP contribution in [0.5, 0.6) is 0 Å². The number of furan rings is 1. The molecule has 51 heavy (non-hydrogen) atoms. The third-order valence-electron chi connectivity index (χ3n) is 11.7. The van der Waals surface area contributed by atoms with Gasteiger partial charge in [-0.1, -0.05) is 131 Å². The van der Waals surface area contributed by atoms with Gasteiger partial charge < -0.3 is 4.42 Å². The molecule has 4 heteroatoms. The molecule has 0 saturated heterocycles. The minimum absolute atomic E-state index is 0.144. The largest absolute Gasteiger partial charge is 0.456 e. The summed E-state index contributed by atoms with van der Waals surface area (Å²) in [5.74, 6) is 1.90. The van der Waals surface area contributed by atoms with Crippen molar-refractivity contribution in [3.8, 4) is 45.3 Å². The second-order valence-corrected chi connectivity index (χ2v) is 14.9. The molecule has 10 rings (SSSR count). The van der Waals surface area contributed by atoms with Crippen LogP contribution < -0.4 is 0 Å². The van der Waals surface area contributed by atoms with Crippen LogP contribution in [-0.4, -0.2) is 15.0 Å². The first-order chi connectivity index (χ1) is 24.8. The van der Waals surface area contributed by atoms with Crippen molar-refractivity contribution in [1.29, 1.82) is 0 Å². The molecule has 0 saturated carbocycles. The molecular weight excluding hydrogens is 623 g/mol. The lowest BCUT2D eigenvalue weighted by Crippen LogP contribution is -2.43. The molecule has 0 spiro atoms. The summed E-state index contributed by atoms with van der Waals surface area (Å²) < 4.78 is 6.26. The maximum absolute atomic E-state index is 6.26. The fourth-order valence-corrected chi connectivity index (χ4v) is 8.12. The Hall–Kier alpha value is -6.13.